The molecule has 0 aliphatic carbocycles. The standard InChI is InChI=1S/C10H11F7O2/c1-3-4-6(5(2)7(18)19)8(11,12)9(13,14)10(15,16)17/h6H,2-4H2,1H3,(H,18,19). The lowest BCUT2D eigenvalue weighted by Gasteiger charge is -2.34. The van der Waals surface area contributed by atoms with Crippen molar-refractivity contribution < 1.29 is 40.6 Å². The molecule has 0 bridgehead atoms. The van der Waals surface area contributed by atoms with Crippen molar-refractivity contribution in [1.82, 2.24) is 0 Å². The van der Waals surface area contributed by atoms with E-state index in [-0.39, 0.29) is 6.42 Å². The Morgan fingerprint density at radius 1 is 1.16 bits per heavy atom. The van der Waals surface area contributed by atoms with E-state index >= 15 is 0 Å². The second-order valence-corrected chi connectivity index (χ2v) is 3.87. The van der Waals surface area contributed by atoms with Crippen LogP contribution in [-0.4, -0.2) is 29.1 Å². The molecule has 0 aromatic rings. The van der Waals surface area contributed by atoms with E-state index in [1.165, 1.54) is 6.92 Å². The number of rotatable bonds is 6. The van der Waals surface area contributed by atoms with Crippen molar-refractivity contribution in [3.8, 4) is 0 Å². The Bertz CT molecular complexity index is 359. The molecule has 0 saturated heterocycles. The van der Waals surface area contributed by atoms with Gasteiger partial charge >= 0.3 is 24.0 Å². The van der Waals surface area contributed by atoms with Crippen molar-refractivity contribution in [2.75, 3.05) is 0 Å². The van der Waals surface area contributed by atoms with Crippen molar-refractivity contribution in [3.05, 3.63) is 12.2 Å². The van der Waals surface area contributed by atoms with Crippen LogP contribution in [0.1, 0.15) is 19.8 Å². The molecule has 0 radical (unpaired) electrons. The topological polar surface area (TPSA) is 37.3 Å². The van der Waals surface area contributed by atoms with Crippen LogP contribution in [0.2, 0.25) is 0 Å². The van der Waals surface area contributed by atoms with E-state index in [1.807, 2.05) is 0 Å². The zero-order chi connectivity index (χ0) is 15.6. The Balaban J connectivity index is 5.67. The summed E-state index contributed by atoms with van der Waals surface area (Å²) in [7, 11) is 0. The predicted molar refractivity (Wildman–Crippen MR) is 51.1 cm³/mol. The van der Waals surface area contributed by atoms with Crippen LogP contribution in [0, 0.1) is 5.92 Å². The third-order valence-corrected chi connectivity index (χ3v) is 2.48. The van der Waals surface area contributed by atoms with Crippen LogP contribution in [0.4, 0.5) is 30.7 Å². The van der Waals surface area contributed by atoms with Gasteiger partial charge in [0.2, 0.25) is 0 Å². The Morgan fingerprint density at radius 3 is 1.84 bits per heavy atom. The van der Waals surface area contributed by atoms with Crippen LogP contribution >= 0.6 is 0 Å². The van der Waals surface area contributed by atoms with E-state index in [4.69, 9.17) is 5.11 Å². The third-order valence-electron chi connectivity index (χ3n) is 2.48. The molecule has 0 aliphatic heterocycles. The van der Waals surface area contributed by atoms with E-state index < -0.39 is 41.9 Å². The van der Waals surface area contributed by atoms with Crippen LogP contribution in [0.3, 0.4) is 0 Å². The van der Waals surface area contributed by atoms with E-state index in [9.17, 15) is 35.5 Å². The van der Waals surface area contributed by atoms with Gasteiger partial charge in [-0.05, 0) is 6.42 Å². The van der Waals surface area contributed by atoms with Crippen LogP contribution in [0.5, 0.6) is 0 Å². The summed E-state index contributed by atoms with van der Waals surface area (Å²) in [4.78, 5) is 10.5. The van der Waals surface area contributed by atoms with E-state index in [0.717, 1.165) is 0 Å². The van der Waals surface area contributed by atoms with Crippen LogP contribution in [0.25, 0.3) is 0 Å². The Labute approximate surface area is 103 Å². The first-order chi connectivity index (χ1) is 8.30. The summed E-state index contributed by atoms with van der Waals surface area (Å²) in [5.74, 6) is -16.8. The first-order valence-electron chi connectivity index (χ1n) is 5.05. The van der Waals surface area contributed by atoms with Gasteiger partial charge in [0.05, 0.1) is 5.92 Å². The summed E-state index contributed by atoms with van der Waals surface area (Å²) in [5.41, 5.74) is -1.38. The highest BCUT2D eigenvalue weighted by Crippen LogP contribution is 2.52. The number of aliphatic carboxylic acids is 1. The molecule has 2 nitrogen and oxygen atoms in total. The molecule has 1 atom stereocenters. The zero-order valence-electron chi connectivity index (χ0n) is 9.70. The van der Waals surface area contributed by atoms with Crippen molar-refractivity contribution in [2.24, 2.45) is 5.92 Å². The summed E-state index contributed by atoms with van der Waals surface area (Å²) in [6.07, 6.45) is -7.55. The van der Waals surface area contributed by atoms with Crippen molar-refractivity contribution in [1.29, 1.82) is 0 Å². The van der Waals surface area contributed by atoms with Gasteiger partial charge in [-0.3, -0.25) is 0 Å². The molecule has 0 aromatic heterocycles. The fourth-order valence-electron chi connectivity index (χ4n) is 1.42. The molecule has 0 spiro atoms. The van der Waals surface area contributed by atoms with E-state index in [0.29, 0.717) is 0 Å². The number of alkyl halides is 7. The number of carboxylic acids is 1. The summed E-state index contributed by atoms with van der Waals surface area (Å²) in [6, 6.07) is 0. The number of hydrogen-bond acceptors (Lipinski definition) is 1. The van der Waals surface area contributed by atoms with Gasteiger partial charge in [-0.25, -0.2) is 4.79 Å². The summed E-state index contributed by atoms with van der Waals surface area (Å²) in [6.45, 7) is 3.89. The quantitative estimate of drug-likeness (QED) is 0.596. The van der Waals surface area contributed by atoms with Gasteiger partial charge in [0.1, 0.15) is 0 Å². The highest BCUT2D eigenvalue weighted by molar-refractivity contribution is 5.86. The second-order valence-electron chi connectivity index (χ2n) is 3.87. The summed E-state index contributed by atoms with van der Waals surface area (Å²) < 4.78 is 88.3. The maximum absolute atomic E-state index is 13.4. The lowest BCUT2D eigenvalue weighted by Crippen LogP contribution is -2.56. The average Bonchev–Trinajstić information content (AvgIpc) is 2.22. The number of carbonyl (C=O) groups is 1. The Kier molecular flexibility index (Phi) is 5.01. The molecule has 0 fully saturated rings. The Morgan fingerprint density at radius 2 is 1.58 bits per heavy atom. The first-order valence-corrected chi connectivity index (χ1v) is 5.05. The van der Waals surface area contributed by atoms with Crippen molar-refractivity contribution in [3.63, 3.8) is 0 Å². The minimum atomic E-state index is -6.48. The lowest BCUT2D eigenvalue weighted by molar-refractivity contribution is -0.363. The molecule has 1 N–H and O–H groups in total. The number of carboxylic acid groups (broad SMARTS) is 1. The molecule has 0 saturated carbocycles. The molecular weight excluding hydrogens is 285 g/mol. The van der Waals surface area contributed by atoms with Crippen LogP contribution in [0.15, 0.2) is 12.2 Å². The molecule has 0 amide bonds. The fourth-order valence-corrected chi connectivity index (χ4v) is 1.42. The molecule has 9 heteroatoms. The summed E-state index contributed by atoms with van der Waals surface area (Å²) >= 11 is 0. The fraction of sp³-hybridized carbons (Fsp3) is 0.700. The summed E-state index contributed by atoms with van der Waals surface area (Å²) in [5, 5.41) is 8.45. The monoisotopic (exact) mass is 296 g/mol. The van der Waals surface area contributed by atoms with Gasteiger partial charge in [0.25, 0.3) is 0 Å². The largest absolute Gasteiger partial charge is 0.478 e. The second kappa shape index (κ2) is 5.38. The van der Waals surface area contributed by atoms with Crippen molar-refractivity contribution >= 4 is 5.97 Å². The molecule has 0 aromatic carbocycles. The molecule has 19 heavy (non-hydrogen) atoms. The van der Waals surface area contributed by atoms with E-state index in [2.05, 4.69) is 6.58 Å². The van der Waals surface area contributed by atoms with Crippen molar-refractivity contribution in [2.45, 2.75) is 37.8 Å². The maximum atomic E-state index is 13.4. The molecule has 112 valence electrons. The van der Waals surface area contributed by atoms with Gasteiger partial charge in [0, 0.05) is 5.57 Å². The highest BCUT2D eigenvalue weighted by atomic mass is 19.4. The molecule has 1 unspecified atom stereocenters. The molecular formula is C10H11F7O2. The van der Waals surface area contributed by atoms with Crippen LogP contribution in [-0.2, 0) is 4.79 Å². The maximum Gasteiger partial charge on any atom is 0.459 e. The van der Waals surface area contributed by atoms with Gasteiger partial charge in [0.15, 0.2) is 0 Å². The molecule has 0 heterocycles. The Hall–Kier alpha value is -1.28. The predicted octanol–water partition coefficient (Wildman–Crippen LogP) is 3.88. The van der Waals surface area contributed by atoms with Gasteiger partial charge in [-0.2, -0.15) is 30.7 Å². The molecule has 0 aliphatic rings. The smallest absolute Gasteiger partial charge is 0.459 e. The van der Waals surface area contributed by atoms with Gasteiger partial charge < -0.3 is 5.11 Å². The number of halogens is 7. The SMILES string of the molecule is C=C(C(=O)O)C(CCC)C(F)(F)C(F)(F)C(F)(F)F. The minimum Gasteiger partial charge on any atom is -0.478 e. The number of hydrogen-bond donors (Lipinski definition) is 1. The normalized spacial score (nSPS) is 15.2. The lowest BCUT2D eigenvalue weighted by atomic mass is 9.85. The van der Waals surface area contributed by atoms with E-state index in [1.54, 1.807) is 0 Å². The minimum absolute atomic E-state index is 0.208. The highest BCUT2D eigenvalue weighted by Gasteiger charge is 2.75. The van der Waals surface area contributed by atoms with Gasteiger partial charge in [-0.1, -0.05) is 19.9 Å². The average molecular weight is 296 g/mol. The van der Waals surface area contributed by atoms with Crippen LogP contribution < -0.4 is 0 Å². The first kappa shape index (κ1) is 17.7. The molecule has 0 rings (SSSR count). The zero-order valence-corrected chi connectivity index (χ0v) is 9.70. The third kappa shape index (κ3) is 3.19. The van der Waals surface area contributed by atoms with Gasteiger partial charge in [-0.15, -0.1) is 0 Å².